The number of rotatable bonds is 4. The van der Waals surface area contributed by atoms with E-state index in [1.807, 2.05) is 39.9 Å². The highest BCUT2D eigenvalue weighted by Gasteiger charge is 2.19. The molecule has 2 aromatic heterocycles. The molecule has 1 saturated heterocycles. The third-order valence-corrected chi connectivity index (χ3v) is 4.54. The molecule has 0 radical (unpaired) electrons. The molecule has 1 aliphatic heterocycles. The van der Waals surface area contributed by atoms with Crippen LogP contribution in [-0.4, -0.2) is 39.2 Å². The van der Waals surface area contributed by atoms with Crippen molar-refractivity contribution in [3.05, 3.63) is 66.1 Å². The molecule has 132 valence electrons. The molecule has 0 atom stereocenters. The lowest BCUT2D eigenvalue weighted by Gasteiger charge is -2.15. The fraction of sp³-hybridized carbons (Fsp3) is 0.250. The molecule has 6 nitrogen and oxygen atoms in total. The maximum absolute atomic E-state index is 12.5. The monoisotopic (exact) mass is 348 g/mol. The average molecular weight is 348 g/mol. The molecule has 1 aromatic carbocycles. The van der Waals surface area contributed by atoms with E-state index in [0.29, 0.717) is 16.9 Å². The highest BCUT2D eigenvalue weighted by Crippen LogP contribution is 2.17. The van der Waals surface area contributed by atoms with Crippen LogP contribution in [0.4, 0.5) is 5.69 Å². The summed E-state index contributed by atoms with van der Waals surface area (Å²) in [5.74, 6) is -0.127. The van der Waals surface area contributed by atoms with E-state index < -0.39 is 0 Å². The molecule has 26 heavy (non-hydrogen) atoms. The number of anilines is 1. The second-order valence-corrected chi connectivity index (χ2v) is 6.50. The van der Waals surface area contributed by atoms with E-state index in [1.165, 1.54) is 0 Å². The first-order valence-corrected chi connectivity index (χ1v) is 8.81. The van der Waals surface area contributed by atoms with Crippen molar-refractivity contribution in [1.29, 1.82) is 0 Å². The van der Waals surface area contributed by atoms with Crippen LogP contribution in [0, 0.1) is 0 Å². The zero-order valence-electron chi connectivity index (χ0n) is 14.4. The number of carbonyl (C=O) groups excluding carboxylic acids is 2. The van der Waals surface area contributed by atoms with Crippen LogP contribution in [0.25, 0.3) is 5.65 Å². The summed E-state index contributed by atoms with van der Waals surface area (Å²) in [4.78, 5) is 31.1. The smallest absolute Gasteiger partial charge is 0.253 e. The predicted molar refractivity (Wildman–Crippen MR) is 99.1 cm³/mol. The summed E-state index contributed by atoms with van der Waals surface area (Å²) in [6.45, 7) is 1.62. The van der Waals surface area contributed by atoms with Crippen LogP contribution in [-0.2, 0) is 11.2 Å². The largest absolute Gasteiger partial charge is 0.339 e. The van der Waals surface area contributed by atoms with Gasteiger partial charge in [-0.3, -0.25) is 9.59 Å². The fourth-order valence-corrected chi connectivity index (χ4v) is 3.27. The number of likely N-dealkylation sites (tertiary alicyclic amines) is 1. The molecule has 0 aliphatic carbocycles. The summed E-state index contributed by atoms with van der Waals surface area (Å²) >= 11 is 0. The average Bonchev–Trinajstić information content (AvgIpc) is 3.30. The summed E-state index contributed by atoms with van der Waals surface area (Å²) in [6, 6.07) is 12.8. The van der Waals surface area contributed by atoms with E-state index in [1.54, 1.807) is 24.3 Å². The van der Waals surface area contributed by atoms with Gasteiger partial charge in [0.25, 0.3) is 5.91 Å². The Morgan fingerprint density at radius 2 is 1.92 bits per heavy atom. The van der Waals surface area contributed by atoms with Crippen molar-refractivity contribution in [3.63, 3.8) is 0 Å². The number of hydrogen-bond acceptors (Lipinski definition) is 3. The van der Waals surface area contributed by atoms with E-state index in [4.69, 9.17) is 0 Å². The zero-order chi connectivity index (χ0) is 17.9. The van der Waals surface area contributed by atoms with Crippen molar-refractivity contribution in [3.8, 4) is 0 Å². The molecule has 1 N–H and O–H groups in total. The van der Waals surface area contributed by atoms with Crippen LogP contribution in [0.3, 0.4) is 0 Å². The number of benzene rings is 1. The van der Waals surface area contributed by atoms with Crippen molar-refractivity contribution in [2.45, 2.75) is 19.3 Å². The van der Waals surface area contributed by atoms with Gasteiger partial charge in [-0.2, -0.15) is 0 Å². The maximum atomic E-state index is 12.5. The molecule has 3 heterocycles. The number of carbonyl (C=O) groups is 2. The minimum atomic E-state index is -0.154. The number of nitrogens with one attached hydrogen (secondary N) is 1. The third-order valence-electron chi connectivity index (χ3n) is 4.54. The van der Waals surface area contributed by atoms with Crippen molar-refractivity contribution in [1.82, 2.24) is 14.3 Å². The summed E-state index contributed by atoms with van der Waals surface area (Å²) < 4.78 is 1.89. The molecule has 4 rings (SSSR count). The van der Waals surface area contributed by atoms with Crippen LogP contribution < -0.4 is 5.32 Å². The Morgan fingerprint density at radius 1 is 1.08 bits per heavy atom. The highest BCUT2D eigenvalue weighted by atomic mass is 16.2. The van der Waals surface area contributed by atoms with E-state index in [0.717, 1.165) is 31.6 Å². The fourth-order valence-electron chi connectivity index (χ4n) is 3.27. The molecular weight excluding hydrogens is 328 g/mol. The molecular formula is C20H20N4O2. The van der Waals surface area contributed by atoms with Gasteiger partial charge in [-0.25, -0.2) is 4.98 Å². The minimum Gasteiger partial charge on any atom is -0.339 e. The molecule has 0 unspecified atom stereocenters. The van der Waals surface area contributed by atoms with Gasteiger partial charge < -0.3 is 14.6 Å². The van der Waals surface area contributed by atoms with Gasteiger partial charge in [0.2, 0.25) is 5.91 Å². The number of aromatic nitrogens is 2. The Labute approximate surface area is 151 Å². The Morgan fingerprint density at radius 3 is 2.73 bits per heavy atom. The number of fused-ring (bicyclic) bond motifs is 1. The summed E-state index contributed by atoms with van der Waals surface area (Å²) in [6.07, 6.45) is 6.05. The standard InChI is InChI=1S/C20H20N4O2/c25-19(13-17-14-24-11-2-1-8-18(24)21-17)22-16-7-5-6-15(12-16)20(26)23-9-3-4-10-23/h1-2,5-8,11-12,14H,3-4,9-10,13H2,(H,22,25). The number of amides is 2. The number of hydrogen-bond donors (Lipinski definition) is 1. The molecule has 1 aliphatic rings. The van der Waals surface area contributed by atoms with E-state index in [2.05, 4.69) is 10.3 Å². The lowest BCUT2D eigenvalue weighted by molar-refractivity contribution is -0.115. The van der Waals surface area contributed by atoms with E-state index in [-0.39, 0.29) is 18.2 Å². The molecule has 2 amide bonds. The maximum Gasteiger partial charge on any atom is 0.253 e. The molecule has 3 aromatic rings. The Balaban J connectivity index is 1.43. The van der Waals surface area contributed by atoms with Crippen LogP contribution in [0.2, 0.25) is 0 Å². The van der Waals surface area contributed by atoms with Gasteiger partial charge in [0, 0.05) is 36.7 Å². The van der Waals surface area contributed by atoms with Crippen LogP contribution in [0.5, 0.6) is 0 Å². The zero-order valence-corrected chi connectivity index (χ0v) is 14.4. The van der Waals surface area contributed by atoms with Gasteiger partial charge >= 0.3 is 0 Å². The highest BCUT2D eigenvalue weighted by molar-refractivity contribution is 5.97. The van der Waals surface area contributed by atoms with Gasteiger partial charge in [-0.05, 0) is 43.2 Å². The van der Waals surface area contributed by atoms with Crippen LogP contribution in [0.15, 0.2) is 54.9 Å². The molecule has 6 heteroatoms. The van der Waals surface area contributed by atoms with E-state index >= 15 is 0 Å². The molecule has 0 bridgehead atoms. The number of pyridine rings is 1. The predicted octanol–water partition coefficient (Wildman–Crippen LogP) is 2.75. The SMILES string of the molecule is O=C(Cc1cn2ccccc2n1)Nc1cccc(C(=O)N2CCCC2)c1. The summed E-state index contributed by atoms with van der Waals surface area (Å²) in [5, 5.41) is 2.86. The van der Waals surface area contributed by atoms with Crippen molar-refractivity contribution in [2.75, 3.05) is 18.4 Å². The number of nitrogens with zero attached hydrogens (tertiary/aromatic N) is 3. The molecule has 0 spiro atoms. The Hall–Kier alpha value is -3.15. The number of imidazole rings is 1. The molecule has 0 saturated carbocycles. The van der Waals surface area contributed by atoms with Crippen molar-refractivity contribution >= 4 is 23.1 Å². The second kappa shape index (κ2) is 7.00. The van der Waals surface area contributed by atoms with Crippen LogP contribution >= 0.6 is 0 Å². The minimum absolute atomic E-state index is 0.0268. The third kappa shape index (κ3) is 3.44. The second-order valence-electron chi connectivity index (χ2n) is 6.50. The summed E-state index contributed by atoms with van der Waals surface area (Å²) in [5.41, 5.74) is 2.76. The van der Waals surface area contributed by atoms with Crippen molar-refractivity contribution < 1.29 is 9.59 Å². The van der Waals surface area contributed by atoms with Gasteiger partial charge in [-0.1, -0.05) is 12.1 Å². The van der Waals surface area contributed by atoms with Gasteiger partial charge in [0.1, 0.15) is 5.65 Å². The summed E-state index contributed by atoms with van der Waals surface area (Å²) in [7, 11) is 0. The van der Waals surface area contributed by atoms with Gasteiger partial charge in [0.15, 0.2) is 0 Å². The topological polar surface area (TPSA) is 66.7 Å². The lowest BCUT2D eigenvalue weighted by atomic mass is 10.1. The first-order chi connectivity index (χ1) is 12.7. The Kier molecular flexibility index (Phi) is 4.39. The quantitative estimate of drug-likeness (QED) is 0.788. The Bertz CT molecular complexity index is 924. The first kappa shape index (κ1) is 16.3. The lowest BCUT2D eigenvalue weighted by Crippen LogP contribution is -2.27. The van der Waals surface area contributed by atoms with Crippen LogP contribution in [0.1, 0.15) is 28.9 Å². The molecule has 1 fully saturated rings. The normalized spacial score (nSPS) is 13.9. The van der Waals surface area contributed by atoms with Gasteiger partial charge in [-0.15, -0.1) is 0 Å². The van der Waals surface area contributed by atoms with Crippen molar-refractivity contribution in [2.24, 2.45) is 0 Å². The van der Waals surface area contributed by atoms with Gasteiger partial charge in [0.05, 0.1) is 12.1 Å². The first-order valence-electron chi connectivity index (χ1n) is 8.81. The van der Waals surface area contributed by atoms with E-state index in [9.17, 15) is 9.59 Å².